The number of carbonyl (C=O) groups excluding carboxylic acids is 1. The standard InChI is InChI=1S/C22H22N2O/c1-15-5-11-22(12-6-15)24-16(2)13-20(17(24)3)14-23-21-9-7-19(8-10-21)18(4)25/h5-14H,1-4H3. The van der Waals surface area contributed by atoms with Gasteiger partial charge in [0.1, 0.15) is 0 Å². The molecule has 0 aliphatic heterocycles. The minimum Gasteiger partial charge on any atom is -0.318 e. The second-order valence-electron chi connectivity index (χ2n) is 6.36. The molecule has 0 unspecified atom stereocenters. The highest BCUT2D eigenvalue weighted by molar-refractivity contribution is 5.94. The molecule has 0 N–H and O–H groups in total. The number of hydrogen-bond donors (Lipinski definition) is 0. The van der Waals surface area contributed by atoms with Crippen LogP contribution in [-0.2, 0) is 0 Å². The lowest BCUT2D eigenvalue weighted by Gasteiger charge is -2.09. The summed E-state index contributed by atoms with van der Waals surface area (Å²) < 4.78 is 2.24. The van der Waals surface area contributed by atoms with Crippen molar-refractivity contribution in [1.29, 1.82) is 0 Å². The van der Waals surface area contributed by atoms with Gasteiger partial charge < -0.3 is 4.57 Å². The van der Waals surface area contributed by atoms with Gasteiger partial charge in [-0.3, -0.25) is 9.79 Å². The van der Waals surface area contributed by atoms with E-state index < -0.39 is 0 Å². The number of carbonyl (C=O) groups is 1. The van der Waals surface area contributed by atoms with Crippen LogP contribution in [0.3, 0.4) is 0 Å². The molecule has 0 saturated carbocycles. The number of Topliss-reactive ketones (excluding diaryl/α,β-unsaturated/α-hetero) is 1. The van der Waals surface area contributed by atoms with Gasteiger partial charge in [0.2, 0.25) is 0 Å². The lowest BCUT2D eigenvalue weighted by Crippen LogP contribution is -1.99. The van der Waals surface area contributed by atoms with E-state index in [9.17, 15) is 4.79 Å². The maximum absolute atomic E-state index is 11.3. The lowest BCUT2D eigenvalue weighted by atomic mass is 10.1. The Hall–Kier alpha value is -2.94. The summed E-state index contributed by atoms with van der Waals surface area (Å²) >= 11 is 0. The van der Waals surface area contributed by atoms with Crippen LogP contribution >= 0.6 is 0 Å². The Morgan fingerprint density at radius 1 is 0.960 bits per heavy atom. The van der Waals surface area contributed by atoms with Crippen LogP contribution in [0.5, 0.6) is 0 Å². The number of benzene rings is 2. The molecule has 0 amide bonds. The van der Waals surface area contributed by atoms with Gasteiger partial charge in [-0.15, -0.1) is 0 Å². The topological polar surface area (TPSA) is 34.4 Å². The van der Waals surface area contributed by atoms with Crippen LogP contribution < -0.4 is 0 Å². The fraction of sp³-hybridized carbons (Fsp3) is 0.182. The largest absolute Gasteiger partial charge is 0.318 e. The fourth-order valence-electron chi connectivity index (χ4n) is 2.94. The average Bonchev–Trinajstić information content (AvgIpc) is 2.88. The summed E-state index contributed by atoms with van der Waals surface area (Å²) in [4.78, 5) is 15.9. The van der Waals surface area contributed by atoms with Crippen molar-refractivity contribution in [3.05, 3.63) is 82.7 Å². The summed E-state index contributed by atoms with van der Waals surface area (Å²) in [5.74, 6) is 0.0668. The second kappa shape index (κ2) is 6.89. The van der Waals surface area contributed by atoms with Crippen molar-refractivity contribution in [3.63, 3.8) is 0 Å². The van der Waals surface area contributed by atoms with Gasteiger partial charge in [0, 0.05) is 34.4 Å². The SMILES string of the molecule is CC(=O)c1ccc(N=Cc2cc(C)n(-c3ccc(C)cc3)c2C)cc1. The zero-order chi connectivity index (χ0) is 18.0. The molecular formula is C22H22N2O. The van der Waals surface area contributed by atoms with E-state index in [0.717, 1.165) is 22.6 Å². The fourth-order valence-corrected chi connectivity index (χ4v) is 2.94. The van der Waals surface area contributed by atoms with Gasteiger partial charge in [-0.25, -0.2) is 0 Å². The summed E-state index contributed by atoms with van der Waals surface area (Å²) in [6.07, 6.45) is 1.88. The number of aryl methyl sites for hydroxylation is 2. The highest BCUT2D eigenvalue weighted by atomic mass is 16.1. The molecule has 1 aromatic heterocycles. The Balaban J connectivity index is 1.89. The highest BCUT2D eigenvalue weighted by Crippen LogP contribution is 2.21. The maximum Gasteiger partial charge on any atom is 0.159 e. The number of ketones is 1. The monoisotopic (exact) mass is 330 g/mol. The molecule has 0 fully saturated rings. The van der Waals surface area contributed by atoms with Crippen molar-refractivity contribution in [2.75, 3.05) is 0 Å². The first-order valence-corrected chi connectivity index (χ1v) is 8.37. The molecule has 3 aromatic rings. The molecule has 3 heteroatoms. The van der Waals surface area contributed by atoms with E-state index in [1.165, 1.54) is 11.3 Å². The van der Waals surface area contributed by atoms with Crippen molar-refractivity contribution < 1.29 is 4.79 Å². The molecule has 1 heterocycles. The zero-order valence-electron chi connectivity index (χ0n) is 15.1. The Bertz CT molecular complexity index is 929. The van der Waals surface area contributed by atoms with Crippen molar-refractivity contribution in [2.45, 2.75) is 27.7 Å². The minimum atomic E-state index is 0.0668. The third-order valence-electron chi connectivity index (χ3n) is 4.39. The van der Waals surface area contributed by atoms with Crippen LogP contribution in [0.1, 0.15) is 39.8 Å². The first kappa shape index (κ1) is 16.9. The van der Waals surface area contributed by atoms with Gasteiger partial charge in [-0.05, 0) is 70.2 Å². The molecule has 0 radical (unpaired) electrons. The summed E-state index contributed by atoms with van der Waals surface area (Å²) in [5, 5.41) is 0. The molecule has 0 bridgehead atoms. The molecule has 0 aliphatic carbocycles. The van der Waals surface area contributed by atoms with Crippen molar-refractivity contribution in [1.82, 2.24) is 4.57 Å². The van der Waals surface area contributed by atoms with E-state index in [0.29, 0.717) is 5.56 Å². The van der Waals surface area contributed by atoms with Crippen LogP contribution in [0.2, 0.25) is 0 Å². The molecule has 0 aliphatic rings. The molecule has 0 saturated heterocycles. The van der Waals surface area contributed by atoms with Crippen molar-refractivity contribution in [2.24, 2.45) is 4.99 Å². The average molecular weight is 330 g/mol. The number of hydrogen-bond acceptors (Lipinski definition) is 2. The first-order valence-electron chi connectivity index (χ1n) is 8.37. The van der Waals surface area contributed by atoms with E-state index in [1.807, 2.05) is 30.5 Å². The predicted molar refractivity (Wildman–Crippen MR) is 104 cm³/mol. The van der Waals surface area contributed by atoms with Gasteiger partial charge in [0.15, 0.2) is 5.78 Å². The van der Waals surface area contributed by atoms with Gasteiger partial charge in [-0.1, -0.05) is 17.7 Å². The molecular weight excluding hydrogens is 308 g/mol. The van der Waals surface area contributed by atoms with Gasteiger partial charge >= 0.3 is 0 Å². The molecule has 3 nitrogen and oxygen atoms in total. The summed E-state index contributed by atoms with van der Waals surface area (Å²) in [6.45, 7) is 7.87. The summed E-state index contributed by atoms with van der Waals surface area (Å²) in [7, 11) is 0. The van der Waals surface area contributed by atoms with E-state index in [1.54, 1.807) is 6.92 Å². The quantitative estimate of drug-likeness (QED) is 0.468. The summed E-state index contributed by atoms with van der Waals surface area (Å²) in [6, 6.07) is 18.0. The van der Waals surface area contributed by atoms with Crippen LogP contribution in [0.4, 0.5) is 5.69 Å². The second-order valence-corrected chi connectivity index (χ2v) is 6.36. The van der Waals surface area contributed by atoms with E-state index in [-0.39, 0.29) is 5.78 Å². The van der Waals surface area contributed by atoms with Gasteiger partial charge in [-0.2, -0.15) is 0 Å². The number of aromatic nitrogens is 1. The molecule has 3 rings (SSSR count). The third-order valence-corrected chi connectivity index (χ3v) is 4.39. The van der Waals surface area contributed by atoms with E-state index in [4.69, 9.17) is 0 Å². The molecule has 2 aromatic carbocycles. The summed E-state index contributed by atoms with van der Waals surface area (Å²) in [5.41, 5.74) is 7.38. The smallest absolute Gasteiger partial charge is 0.159 e. The van der Waals surface area contributed by atoms with Crippen LogP contribution in [0.25, 0.3) is 5.69 Å². The van der Waals surface area contributed by atoms with E-state index >= 15 is 0 Å². The number of rotatable bonds is 4. The Labute approximate surface area is 148 Å². The molecule has 126 valence electrons. The molecule has 0 spiro atoms. The number of nitrogens with zero attached hydrogens (tertiary/aromatic N) is 2. The van der Waals surface area contributed by atoms with Gasteiger partial charge in [0.25, 0.3) is 0 Å². The van der Waals surface area contributed by atoms with Crippen molar-refractivity contribution >= 4 is 17.7 Å². The third kappa shape index (κ3) is 3.61. The zero-order valence-corrected chi connectivity index (χ0v) is 15.1. The highest BCUT2D eigenvalue weighted by Gasteiger charge is 2.09. The molecule has 0 atom stereocenters. The number of aliphatic imine (C=N–C) groups is 1. The lowest BCUT2D eigenvalue weighted by molar-refractivity contribution is 0.101. The Morgan fingerprint density at radius 3 is 2.20 bits per heavy atom. The van der Waals surface area contributed by atoms with Gasteiger partial charge in [0.05, 0.1) is 5.69 Å². The predicted octanol–water partition coefficient (Wildman–Crippen LogP) is 5.36. The normalized spacial score (nSPS) is 11.2. The van der Waals surface area contributed by atoms with Crippen molar-refractivity contribution in [3.8, 4) is 5.69 Å². The Morgan fingerprint density at radius 2 is 1.60 bits per heavy atom. The minimum absolute atomic E-state index is 0.0668. The molecule has 25 heavy (non-hydrogen) atoms. The maximum atomic E-state index is 11.3. The van der Waals surface area contributed by atoms with E-state index in [2.05, 4.69) is 60.7 Å². The first-order chi connectivity index (χ1) is 12.0. The van der Waals surface area contributed by atoms with Crippen LogP contribution in [0, 0.1) is 20.8 Å². The van der Waals surface area contributed by atoms with Crippen LogP contribution in [0.15, 0.2) is 59.6 Å². The Kier molecular flexibility index (Phi) is 4.66. The van der Waals surface area contributed by atoms with Crippen LogP contribution in [-0.4, -0.2) is 16.6 Å².